The van der Waals surface area contributed by atoms with Gasteiger partial charge in [-0.15, -0.1) is 0 Å². The number of ether oxygens (including phenoxy) is 1. The fourth-order valence-corrected chi connectivity index (χ4v) is 3.66. The fourth-order valence-electron chi connectivity index (χ4n) is 3.66. The zero-order valence-corrected chi connectivity index (χ0v) is 18.3. The van der Waals surface area contributed by atoms with E-state index in [1.807, 2.05) is 58.0 Å². The molecule has 3 aromatic rings. The fraction of sp³-hybridized carbons (Fsp3) is 0.391. The Morgan fingerprint density at radius 1 is 1.13 bits per heavy atom. The van der Waals surface area contributed by atoms with Gasteiger partial charge in [-0.2, -0.15) is 10.4 Å². The SMILES string of the molecule is Cc1cnc2cc(-c3ccc(N4CCN(C(=O)OC(C)(C)C)CC4)cc3)c(C#N)nn12. The highest BCUT2D eigenvalue weighted by molar-refractivity contribution is 5.73. The average molecular weight is 419 g/mol. The molecule has 8 heteroatoms. The summed E-state index contributed by atoms with van der Waals surface area (Å²) in [6.45, 7) is 10.3. The van der Waals surface area contributed by atoms with Crippen molar-refractivity contribution in [1.29, 1.82) is 5.26 Å². The maximum absolute atomic E-state index is 12.3. The highest BCUT2D eigenvalue weighted by Gasteiger charge is 2.26. The first kappa shape index (κ1) is 20.7. The second-order valence-corrected chi connectivity index (χ2v) is 8.69. The summed E-state index contributed by atoms with van der Waals surface area (Å²) in [5, 5.41) is 14.0. The number of carbonyl (C=O) groups is 1. The average Bonchev–Trinajstić information content (AvgIpc) is 3.11. The molecule has 1 aromatic carbocycles. The van der Waals surface area contributed by atoms with E-state index in [1.54, 1.807) is 15.6 Å². The molecule has 31 heavy (non-hydrogen) atoms. The molecule has 2 aromatic heterocycles. The number of piperazine rings is 1. The van der Waals surface area contributed by atoms with Crippen molar-refractivity contribution >= 4 is 17.4 Å². The van der Waals surface area contributed by atoms with E-state index in [-0.39, 0.29) is 6.09 Å². The third kappa shape index (κ3) is 4.31. The number of amides is 1. The number of carbonyl (C=O) groups excluding carboxylic acids is 1. The largest absolute Gasteiger partial charge is 0.444 e. The van der Waals surface area contributed by atoms with Crippen LogP contribution >= 0.6 is 0 Å². The van der Waals surface area contributed by atoms with E-state index in [0.29, 0.717) is 24.4 Å². The van der Waals surface area contributed by atoms with Crippen molar-refractivity contribution in [2.24, 2.45) is 0 Å². The standard InChI is InChI=1S/C23H26N6O2/c1-16-15-25-21-13-19(20(14-24)26-29(16)21)17-5-7-18(8-6-17)27-9-11-28(12-10-27)22(30)31-23(2,3)4/h5-8,13,15H,9-12H2,1-4H3. The van der Waals surface area contributed by atoms with Gasteiger partial charge in [0, 0.05) is 37.4 Å². The topological polar surface area (TPSA) is 86.8 Å². The molecule has 0 aliphatic carbocycles. The van der Waals surface area contributed by atoms with E-state index in [9.17, 15) is 10.1 Å². The lowest BCUT2D eigenvalue weighted by molar-refractivity contribution is 0.0240. The minimum Gasteiger partial charge on any atom is -0.444 e. The first-order chi connectivity index (χ1) is 14.7. The number of hydrogen-bond donors (Lipinski definition) is 0. The van der Waals surface area contributed by atoms with Gasteiger partial charge in [-0.05, 0) is 51.5 Å². The molecule has 1 amide bonds. The quantitative estimate of drug-likeness (QED) is 0.632. The Morgan fingerprint density at radius 2 is 1.81 bits per heavy atom. The molecule has 1 aliphatic heterocycles. The van der Waals surface area contributed by atoms with E-state index in [4.69, 9.17) is 4.74 Å². The Bertz CT molecular complexity index is 1150. The molecule has 1 aliphatic rings. The maximum atomic E-state index is 12.3. The van der Waals surface area contributed by atoms with Gasteiger partial charge in [0.2, 0.25) is 0 Å². The number of hydrogen-bond acceptors (Lipinski definition) is 6. The number of anilines is 1. The van der Waals surface area contributed by atoms with Crippen LogP contribution in [0.15, 0.2) is 36.5 Å². The van der Waals surface area contributed by atoms with Gasteiger partial charge < -0.3 is 14.5 Å². The molecule has 1 fully saturated rings. The monoisotopic (exact) mass is 418 g/mol. The van der Waals surface area contributed by atoms with Crippen LogP contribution in [-0.2, 0) is 4.74 Å². The first-order valence-corrected chi connectivity index (χ1v) is 10.3. The maximum Gasteiger partial charge on any atom is 0.410 e. The van der Waals surface area contributed by atoms with Crippen molar-refractivity contribution in [2.45, 2.75) is 33.3 Å². The molecule has 4 rings (SSSR count). The zero-order valence-electron chi connectivity index (χ0n) is 18.3. The van der Waals surface area contributed by atoms with Crippen LogP contribution in [0.1, 0.15) is 32.2 Å². The Labute approximate surface area is 181 Å². The van der Waals surface area contributed by atoms with E-state index in [2.05, 4.69) is 21.1 Å². The number of aromatic nitrogens is 3. The number of aryl methyl sites for hydroxylation is 1. The number of nitriles is 1. The molecule has 0 atom stereocenters. The second-order valence-electron chi connectivity index (χ2n) is 8.69. The number of rotatable bonds is 2. The normalized spacial score (nSPS) is 14.5. The summed E-state index contributed by atoms with van der Waals surface area (Å²) >= 11 is 0. The first-order valence-electron chi connectivity index (χ1n) is 10.3. The lowest BCUT2D eigenvalue weighted by Gasteiger charge is -2.36. The summed E-state index contributed by atoms with van der Waals surface area (Å²) in [5.41, 5.74) is 4.25. The lowest BCUT2D eigenvalue weighted by atomic mass is 10.0. The summed E-state index contributed by atoms with van der Waals surface area (Å²) in [6, 6.07) is 12.2. The molecular weight excluding hydrogens is 392 g/mol. The Morgan fingerprint density at radius 3 is 2.42 bits per heavy atom. The molecule has 0 saturated carbocycles. The van der Waals surface area contributed by atoms with E-state index >= 15 is 0 Å². The van der Waals surface area contributed by atoms with Gasteiger partial charge in [0.15, 0.2) is 11.3 Å². The van der Waals surface area contributed by atoms with Gasteiger partial charge in [0.05, 0.1) is 11.9 Å². The zero-order chi connectivity index (χ0) is 22.2. The predicted molar refractivity (Wildman–Crippen MR) is 118 cm³/mol. The molecule has 1 saturated heterocycles. The molecule has 0 N–H and O–H groups in total. The van der Waals surface area contributed by atoms with Gasteiger partial charge >= 0.3 is 6.09 Å². The Hall–Kier alpha value is -3.60. The van der Waals surface area contributed by atoms with Crippen LogP contribution in [0.4, 0.5) is 10.5 Å². The summed E-state index contributed by atoms with van der Waals surface area (Å²) < 4.78 is 7.15. The highest BCUT2D eigenvalue weighted by atomic mass is 16.6. The molecule has 0 bridgehead atoms. The number of fused-ring (bicyclic) bond motifs is 1. The summed E-state index contributed by atoms with van der Waals surface area (Å²) in [4.78, 5) is 20.6. The molecule has 8 nitrogen and oxygen atoms in total. The molecule has 160 valence electrons. The van der Waals surface area contributed by atoms with Crippen LogP contribution in [0, 0.1) is 18.3 Å². The van der Waals surface area contributed by atoms with Crippen LogP contribution in [0.5, 0.6) is 0 Å². The van der Waals surface area contributed by atoms with Crippen LogP contribution in [-0.4, -0.2) is 57.4 Å². The Kier molecular flexibility index (Phi) is 5.27. The lowest BCUT2D eigenvalue weighted by Crippen LogP contribution is -2.50. The van der Waals surface area contributed by atoms with Crippen molar-refractivity contribution in [1.82, 2.24) is 19.5 Å². The van der Waals surface area contributed by atoms with Crippen LogP contribution in [0.2, 0.25) is 0 Å². The summed E-state index contributed by atoms with van der Waals surface area (Å²) in [6.07, 6.45) is 1.48. The van der Waals surface area contributed by atoms with Crippen LogP contribution < -0.4 is 4.90 Å². The van der Waals surface area contributed by atoms with Crippen molar-refractivity contribution in [3.05, 3.63) is 47.9 Å². The number of nitrogens with zero attached hydrogens (tertiary/aromatic N) is 6. The molecule has 0 radical (unpaired) electrons. The van der Waals surface area contributed by atoms with Gasteiger partial charge in [-0.3, -0.25) is 0 Å². The third-order valence-electron chi connectivity index (χ3n) is 5.24. The van der Waals surface area contributed by atoms with Crippen molar-refractivity contribution in [3.8, 4) is 17.2 Å². The number of imidazole rings is 1. The van der Waals surface area contributed by atoms with Crippen molar-refractivity contribution < 1.29 is 9.53 Å². The van der Waals surface area contributed by atoms with Gasteiger partial charge in [-0.25, -0.2) is 14.3 Å². The smallest absolute Gasteiger partial charge is 0.410 e. The van der Waals surface area contributed by atoms with Gasteiger partial charge in [-0.1, -0.05) is 12.1 Å². The van der Waals surface area contributed by atoms with Crippen LogP contribution in [0.25, 0.3) is 16.8 Å². The van der Waals surface area contributed by atoms with Gasteiger partial charge in [0.25, 0.3) is 0 Å². The van der Waals surface area contributed by atoms with E-state index in [1.165, 1.54) is 0 Å². The molecule has 0 unspecified atom stereocenters. The van der Waals surface area contributed by atoms with E-state index in [0.717, 1.165) is 35.6 Å². The summed E-state index contributed by atoms with van der Waals surface area (Å²) in [5.74, 6) is 0. The molecular formula is C23H26N6O2. The highest BCUT2D eigenvalue weighted by Crippen LogP contribution is 2.27. The van der Waals surface area contributed by atoms with E-state index < -0.39 is 5.60 Å². The number of benzene rings is 1. The predicted octanol–water partition coefficient (Wildman–Crippen LogP) is 3.63. The minimum atomic E-state index is -0.487. The van der Waals surface area contributed by atoms with Gasteiger partial charge in [0.1, 0.15) is 11.7 Å². The third-order valence-corrected chi connectivity index (χ3v) is 5.24. The second kappa shape index (κ2) is 7.91. The minimum absolute atomic E-state index is 0.261. The summed E-state index contributed by atoms with van der Waals surface area (Å²) in [7, 11) is 0. The molecule has 3 heterocycles. The van der Waals surface area contributed by atoms with Crippen molar-refractivity contribution in [3.63, 3.8) is 0 Å². The Balaban J connectivity index is 1.48. The van der Waals surface area contributed by atoms with Crippen LogP contribution in [0.3, 0.4) is 0 Å². The van der Waals surface area contributed by atoms with Crippen molar-refractivity contribution in [2.75, 3.05) is 31.1 Å². The molecule has 0 spiro atoms.